The third kappa shape index (κ3) is 8.87. The zero-order valence-corrected chi connectivity index (χ0v) is 24.4. The Morgan fingerprint density at radius 3 is 2.14 bits per heavy atom. The van der Waals surface area contributed by atoms with Crippen LogP contribution in [0.25, 0.3) is 0 Å². The lowest BCUT2D eigenvalue weighted by Crippen LogP contribution is -2.56. The van der Waals surface area contributed by atoms with Crippen molar-refractivity contribution in [1.82, 2.24) is 14.8 Å². The number of aromatic nitrogens is 1. The number of amides is 1. The fraction of sp³-hybridized carbons (Fsp3) is 0.333. The first-order valence-electron chi connectivity index (χ1n) is 12.6. The van der Waals surface area contributed by atoms with E-state index in [4.69, 9.17) is 0 Å². The molecule has 2 heterocycles. The number of aryl methyl sites for hydroxylation is 2. The number of hydrogen-bond donors (Lipinski definition) is 0. The van der Waals surface area contributed by atoms with Crippen molar-refractivity contribution in [1.29, 1.82) is 0 Å². The highest BCUT2D eigenvalue weighted by atomic mass is 35.5. The number of nitrogens with zero attached hydrogens (tertiary/aromatic N) is 3. The Hall–Kier alpha value is -3.26. The first kappa shape index (κ1) is 34.9. The molecule has 42 heavy (non-hydrogen) atoms. The molecule has 0 aliphatic carbocycles. The maximum Gasteiger partial charge on any atom is 0.416 e. The molecule has 1 fully saturated rings. The molecule has 0 N–H and O–H groups in total. The van der Waals surface area contributed by atoms with Crippen LogP contribution in [0.5, 0.6) is 0 Å². The summed E-state index contributed by atoms with van der Waals surface area (Å²) in [5, 5.41) is 0. The molecule has 1 aliphatic heterocycles. The summed E-state index contributed by atoms with van der Waals surface area (Å²) in [4.78, 5) is 21.1. The molecule has 4 rings (SSSR count). The summed E-state index contributed by atoms with van der Waals surface area (Å²) in [5.74, 6) is 5.16. The summed E-state index contributed by atoms with van der Waals surface area (Å²) < 4.78 is 80.7. The molecule has 0 spiro atoms. The molecular weight excluding hydrogens is 603 g/mol. The molecule has 4 nitrogen and oxygen atoms in total. The van der Waals surface area contributed by atoms with E-state index in [1.165, 1.54) is 4.90 Å². The van der Waals surface area contributed by atoms with E-state index in [1.54, 1.807) is 18.3 Å². The van der Waals surface area contributed by atoms with E-state index in [1.807, 2.05) is 43.0 Å². The molecule has 1 saturated heterocycles. The van der Waals surface area contributed by atoms with Gasteiger partial charge < -0.3 is 4.90 Å². The third-order valence-electron chi connectivity index (χ3n) is 6.89. The van der Waals surface area contributed by atoms with Gasteiger partial charge in [0.15, 0.2) is 0 Å². The Balaban J connectivity index is 0.00000308. The van der Waals surface area contributed by atoms with Crippen molar-refractivity contribution in [3.63, 3.8) is 0 Å². The Kier molecular flexibility index (Phi) is 11.9. The standard InChI is InChI=1S/C30H27F6N3O.2ClH/c1-20-8-9-22(14-21(20)2)15-27-19-38(11-5-7-26-6-3-4-10-37-26)12-13-39(27)28(40)23-16-24(29(31,32)33)18-25(17-23)30(34,35)36;;/h3-4,6,8-10,14,16-18,27H,11-13,15,19H2,1-2H3;2*1H/t27-;;/m1../s1. The predicted octanol–water partition coefficient (Wildman–Crippen LogP) is 7.00. The molecule has 1 atom stereocenters. The minimum absolute atomic E-state index is 0. The molecule has 226 valence electrons. The van der Waals surface area contributed by atoms with Crippen LogP contribution in [-0.2, 0) is 18.8 Å². The second-order valence-electron chi connectivity index (χ2n) is 9.82. The van der Waals surface area contributed by atoms with Gasteiger partial charge in [-0.05, 0) is 73.2 Å². The van der Waals surface area contributed by atoms with Gasteiger partial charge in [0.25, 0.3) is 5.91 Å². The quantitative estimate of drug-likeness (QED) is 0.230. The normalized spacial score (nSPS) is 15.6. The van der Waals surface area contributed by atoms with Gasteiger partial charge >= 0.3 is 12.4 Å². The van der Waals surface area contributed by atoms with Gasteiger partial charge in [-0.3, -0.25) is 9.69 Å². The number of benzene rings is 2. The number of alkyl halides is 6. The van der Waals surface area contributed by atoms with Crippen LogP contribution in [0.2, 0.25) is 0 Å². The van der Waals surface area contributed by atoms with Crippen LogP contribution in [-0.4, -0.2) is 52.9 Å². The van der Waals surface area contributed by atoms with E-state index >= 15 is 0 Å². The highest BCUT2D eigenvalue weighted by Gasteiger charge is 2.39. The Bertz CT molecular complexity index is 1400. The van der Waals surface area contributed by atoms with E-state index in [0.29, 0.717) is 43.9 Å². The average Bonchev–Trinajstić information content (AvgIpc) is 2.90. The molecule has 12 heteroatoms. The van der Waals surface area contributed by atoms with Crippen LogP contribution in [0.15, 0.2) is 60.8 Å². The van der Waals surface area contributed by atoms with Crippen molar-refractivity contribution < 1.29 is 31.1 Å². The minimum Gasteiger partial charge on any atom is -0.333 e. The van der Waals surface area contributed by atoms with Crippen molar-refractivity contribution >= 4 is 30.7 Å². The number of rotatable bonds is 4. The molecule has 0 saturated carbocycles. The molecule has 1 aliphatic rings. The van der Waals surface area contributed by atoms with Crippen LogP contribution in [0, 0.1) is 25.7 Å². The average molecular weight is 632 g/mol. The van der Waals surface area contributed by atoms with Crippen molar-refractivity contribution in [3.8, 4) is 11.8 Å². The fourth-order valence-corrected chi connectivity index (χ4v) is 4.63. The second kappa shape index (κ2) is 14.3. The third-order valence-corrected chi connectivity index (χ3v) is 6.89. The number of pyridine rings is 1. The van der Waals surface area contributed by atoms with E-state index in [2.05, 4.69) is 16.8 Å². The van der Waals surface area contributed by atoms with Gasteiger partial charge in [0.05, 0.1) is 17.7 Å². The molecule has 1 aromatic heterocycles. The fourth-order valence-electron chi connectivity index (χ4n) is 4.63. The SMILES string of the molecule is Cc1ccc(C[C@@H]2CN(CC#Cc3ccccn3)CCN2C(=O)c2cc(C(F)(F)F)cc(C(F)(F)F)c2)cc1C.Cl.Cl. The second-order valence-corrected chi connectivity index (χ2v) is 9.82. The number of carbonyl (C=O) groups excluding carboxylic acids is 1. The van der Waals surface area contributed by atoms with E-state index in [0.717, 1.165) is 16.7 Å². The zero-order valence-electron chi connectivity index (χ0n) is 22.7. The van der Waals surface area contributed by atoms with Crippen LogP contribution in [0.3, 0.4) is 0 Å². The monoisotopic (exact) mass is 631 g/mol. The number of hydrogen-bond acceptors (Lipinski definition) is 3. The summed E-state index contributed by atoms with van der Waals surface area (Å²) in [6.45, 7) is 5.10. The molecule has 0 radical (unpaired) electrons. The molecular formula is C30H29Cl2F6N3O. The zero-order chi connectivity index (χ0) is 29.1. The van der Waals surface area contributed by atoms with E-state index in [9.17, 15) is 31.1 Å². The van der Waals surface area contributed by atoms with Crippen LogP contribution >= 0.6 is 24.8 Å². The maximum atomic E-state index is 13.5. The van der Waals surface area contributed by atoms with Gasteiger partial charge in [-0.1, -0.05) is 30.2 Å². The highest BCUT2D eigenvalue weighted by molar-refractivity contribution is 5.95. The van der Waals surface area contributed by atoms with Gasteiger partial charge in [0.2, 0.25) is 0 Å². The summed E-state index contributed by atoms with van der Waals surface area (Å²) >= 11 is 0. The van der Waals surface area contributed by atoms with Crippen molar-refractivity contribution in [3.05, 3.63) is 99.9 Å². The van der Waals surface area contributed by atoms with Gasteiger partial charge in [0.1, 0.15) is 5.69 Å². The molecule has 2 aromatic carbocycles. The first-order valence-corrected chi connectivity index (χ1v) is 12.6. The number of piperazine rings is 1. The number of halogens is 8. The lowest BCUT2D eigenvalue weighted by Gasteiger charge is -2.41. The van der Waals surface area contributed by atoms with Gasteiger partial charge in [0, 0.05) is 37.4 Å². The van der Waals surface area contributed by atoms with Crippen LogP contribution in [0.1, 0.15) is 43.9 Å². The summed E-state index contributed by atoms with van der Waals surface area (Å²) in [5.41, 5.74) is -0.0389. The minimum atomic E-state index is -5.04. The lowest BCUT2D eigenvalue weighted by atomic mass is 9.97. The molecule has 0 unspecified atom stereocenters. The topological polar surface area (TPSA) is 36.4 Å². The van der Waals surface area contributed by atoms with Gasteiger partial charge in [-0.15, -0.1) is 24.8 Å². The highest BCUT2D eigenvalue weighted by Crippen LogP contribution is 2.37. The summed E-state index contributed by atoms with van der Waals surface area (Å²) in [7, 11) is 0. The Labute approximate surface area is 252 Å². The maximum absolute atomic E-state index is 13.5. The van der Waals surface area contributed by atoms with Crippen molar-refractivity contribution in [2.24, 2.45) is 0 Å². The largest absolute Gasteiger partial charge is 0.416 e. The Morgan fingerprint density at radius 1 is 0.905 bits per heavy atom. The Morgan fingerprint density at radius 2 is 1.57 bits per heavy atom. The van der Waals surface area contributed by atoms with Crippen molar-refractivity contribution in [2.75, 3.05) is 26.2 Å². The van der Waals surface area contributed by atoms with Gasteiger partial charge in [-0.2, -0.15) is 26.3 Å². The van der Waals surface area contributed by atoms with Crippen LogP contribution in [0.4, 0.5) is 26.3 Å². The molecule has 1 amide bonds. The predicted molar refractivity (Wildman–Crippen MR) is 153 cm³/mol. The van der Waals surface area contributed by atoms with Crippen molar-refractivity contribution in [2.45, 2.75) is 38.7 Å². The van der Waals surface area contributed by atoms with Gasteiger partial charge in [-0.25, -0.2) is 4.98 Å². The molecule has 3 aromatic rings. The number of carbonyl (C=O) groups is 1. The summed E-state index contributed by atoms with van der Waals surface area (Å²) in [6, 6.07) is 11.7. The molecule has 0 bridgehead atoms. The van der Waals surface area contributed by atoms with E-state index < -0.39 is 41.0 Å². The first-order chi connectivity index (χ1) is 18.8. The van der Waals surface area contributed by atoms with Crippen LogP contribution < -0.4 is 0 Å². The van der Waals surface area contributed by atoms with E-state index in [-0.39, 0.29) is 37.4 Å². The lowest BCUT2D eigenvalue weighted by molar-refractivity contribution is -0.143. The summed E-state index contributed by atoms with van der Waals surface area (Å²) in [6.07, 6.45) is -8.08. The smallest absolute Gasteiger partial charge is 0.333 e.